The minimum atomic E-state index is -0.781. The lowest BCUT2D eigenvalue weighted by molar-refractivity contribution is -0.118. The van der Waals surface area contributed by atoms with Crippen molar-refractivity contribution in [3.05, 3.63) is 65.7 Å². The summed E-state index contributed by atoms with van der Waals surface area (Å²) in [6, 6.07) is 14.0. The van der Waals surface area contributed by atoms with Crippen molar-refractivity contribution in [2.75, 3.05) is 38.2 Å². The van der Waals surface area contributed by atoms with Gasteiger partial charge in [-0.25, -0.2) is 5.48 Å². The number of anilines is 1. The SMILES string of the molecule is O=C(NO)c1ccc(NC(=O)C(CN2CCOCC2)NC(=O)c2ccccc2)cc1. The van der Waals surface area contributed by atoms with E-state index < -0.39 is 11.9 Å². The van der Waals surface area contributed by atoms with E-state index in [9.17, 15) is 14.4 Å². The molecule has 158 valence electrons. The Bertz CT molecular complexity index is 867. The summed E-state index contributed by atoms with van der Waals surface area (Å²) in [5.74, 6) is -1.35. The zero-order valence-corrected chi connectivity index (χ0v) is 16.3. The Morgan fingerprint density at radius 2 is 1.57 bits per heavy atom. The lowest BCUT2D eigenvalue weighted by Crippen LogP contribution is -2.52. The van der Waals surface area contributed by atoms with Crippen LogP contribution in [-0.4, -0.2) is 66.7 Å². The van der Waals surface area contributed by atoms with Crippen molar-refractivity contribution in [2.45, 2.75) is 6.04 Å². The first-order chi connectivity index (χ1) is 14.6. The van der Waals surface area contributed by atoms with Crippen molar-refractivity contribution >= 4 is 23.4 Å². The van der Waals surface area contributed by atoms with Crippen LogP contribution < -0.4 is 16.1 Å². The van der Waals surface area contributed by atoms with Gasteiger partial charge in [0.1, 0.15) is 6.04 Å². The van der Waals surface area contributed by atoms with E-state index in [1.165, 1.54) is 12.1 Å². The fraction of sp³-hybridized carbons (Fsp3) is 0.286. The highest BCUT2D eigenvalue weighted by Gasteiger charge is 2.25. The highest BCUT2D eigenvalue weighted by molar-refractivity contribution is 6.01. The van der Waals surface area contributed by atoms with Gasteiger partial charge in [-0.3, -0.25) is 24.5 Å². The number of nitrogens with one attached hydrogen (secondary N) is 3. The molecular formula is C21H24N4O5. The summed E-state index contributed by atoms with van der Waals surface area (Å²) >= 11 is 0. The molecule has 9 heteroatoms. The van der Waals surface area contributed by atoms with Crippen LogP contribution in [0, 0.1) is 0 Å². The van der Waals surface area contributed by atoms with Crippen molar-refractivity contribution in [3.8, 4) is 0 Å². The second-order valence-corrected chi connectivity index (χ2v) is 6.81. The highest BCUT2D eigenvalue weighted by atomic mass is 16.5. The van der Waals surface area contributed by atoms with Gasteiger partial charge in [0, 0.05) is 36.4 Å². The first-order valence-electron chi connectivity index (χ1n) is 9.58. The summed E-state index contributed by atoms with van der Waals surface area (Å²) in [5, 5.41) is 14.3. The maximum atomic E-state index is 12.9. The zero-order chi connectivity index (χ0) is 21.3. The van der Waals surface area contributed by atoms with Crippen LogP contribution >= 0.6 is 0 Å². The van der Waals surface area contributed by atoms with Gasteiger partial charge >= 0.3 is 0 Å². The largest absolute Gasteiger partial charge is 0.379 e. The minimum absolute atomic E-state index is 0.248. The highest BCUT2D eigenvalue weighted by Crippen LogP contribution is 2.11. The Balaban J connectivity index is 1.70. The molecule has 1 aliphatic rings. The third kappa shape index (κ3) is 5.86. The molecule has 0 aromatic heterocycles. The van der Waals surface area contributed by atoms with Crippen LogP contribution in [0.3, 0.4) is 0 Å². The number of morpholine rings is 1. The Kier molecular flexibility index (Phi) is 7.50. The number of ether oxygens (including phenoxy) is 1. The molecule has 1 unspecified atom stereocenters. The molecule has 9 nitrogen and oxygen atoms in total. The van der Waals surface area contributed by atoms with Gasteiger partial charge in [0.25, 0.3) is 11.8 Å². The van der Waals surface area contributed by atoms with Crippen LogP contribution in [0.25, 0.3) is 0 Å². The van der Waals surface area contributed by atoms with Crippen LogP contribution in [0.5, 0.6) is 0 Å². The van der Waals surface area contributed by atoms with Gasteiger partial charge < -0.3 is 15.4 Å². The first kappa shape index (κ1) is 21.4. The van der Waals surface area contributed by atoms with Gasteiger partial charge in [-0.15, -0.1) is 0 Å². The Morgan fingerprint density at radius 1 is 0.933 bits per heavy atom. The molecule has 0 radical (unpaired) electrons. The van der Waals surface area contributed by atoms with Crippen molar-refractivity contribution < 1.29 is 24.3 Å². The fourth-order valence-corrected chi connectivity index (χ4v) is 3.07. The number of hydrogen-bond acceptors (Lipinski definition) is 6. The van der Waals surface area contributed by atoms with Crippen LogP contribution in [-0.2, 0) is 9.53 Å². The van der Waals surface area contributed by atoms with E-state index in [1.54, 1.807) is 41.9 Å². The van der Waals surface area contributed by atoms with Crippen molar-refractivity contribution in [2.24, 2.45) is 0 Å². The number of rotatable bonds is 7. The monoisotopic (exact) mass is 412 g/mol. The Morgan fingerprint density at radius 3 is 2.20 bits per heavy atom. The molecule has 1 fully saturated rings. The van der Waals surface area contributed by atoms with Crippen molar-refractivity contribution in [3.63, 3.8) is 0 Å². The minimum Gasteiger partial charge on any atom is -0.379 e. The van der Waals surface area contributed by atoms with Gasteiger partial charge in [0.15, 0.2) is 0 Å². The van der Waals surface area contributed by atoms with E-state index in [2.05, 4.69) is 15.5 Å². The van der Waals surface area contributed by atoms with Crippen molar-refractivity contribution in [1.29, 1.82) is 0 Å². The lowest BCUT2D eigenvalue weighted by atomic mass is 10.1. The number of carbonyl (C=O) groups excluding carboxylic acids is 3. The molecular weight excluding hydrogens is 388 g/mol. The number of amides is 3. The second-order valence-electron chi connectivity index (χ2n) is 6.81. The number of carbonyl (C=O) groups is 3. The fourth-order valence-electron chi connectivity index (χ4n) is 3.07. The normalized spacial score (nSPS) is 15.1. The van der Waals surface area contributed by atoms with Crippen LogP contribution in [0.4, 0.5) is 5.69 Å². The van der Waals surface area contributed by atoms with E-state index in [0.717, 1.165) is 0 Å². The van der Waals surface area contributed by atoms with Crippen LogP contribution in [0.1, 0.15) is 20.7 Å². The molecule has 0 saturated carbocycles. The van der Waals surface area contributed by atoms with Gasteiger partial charge in [0.05, 0.1) is 13.2 Å². The average molecular weight is 412 g/mol. The summed E-state index contributed by atoms with van der Waals surface area (Å²) < 4.78 is 5.35. The van der Waals surface area contributed by atoms with Gasteiger partial charge in [-0.05, 0) is 36.4 Å². The molecule has 0 bridgehead atoms. The lowest BCUT2D eigenvalue weighted by Gasteiger charge is -2.30. The maximum absolute atomic E-state index is 12.9. The predicted molar refractivity (Wildman–Crippen MR) is 109 cm³/mol. The van der Waals surface area contributed by atoms with E-state index in [1.807, 2.05) is 6.07 Å². The molecule has 3 rings (SSSR count). The van der Waals surface area contributed by atoms with E-state index in [-0.39, 0.29) is 17.4 Å². The standard InChI is InChI=1S/C21H24N4O5/c26-19(15-4-2-1-3-5-15)23-18(14-25-10-12-30-13-11-25)21(28)22-17-8-6-16(7-9-17)20(27)24-29/h1-9,18,29H,10-14H2,(H,22,28)(H,23,26)(H,24,27). The number of hydroxylamine groups is 1. The number of nitrogens with zero attached hydrogens (tertiary/aromatic N) is 1. The maximum Gasteiger partial charge on any atom is 0.274 e. The first-order valence-corrected chi connectivity index (χ1v) is 9.58. The summed E-state index contributed by atoms with van der Waals surface area (Å²) in [6.45, 7) is 2.86. The number of benzene rings is 2. The van der Waals surface area contributed by atoms with Crippen molar-refractivity contribution in [1.82, 2.24) is 15.7 Å². The molecule has 0 spiro atoms. The molecule has 2 aromatic rings. The third-order valence-electron chi connectivity index (χ3n) is 4.72. The number of hydrogen-bond donors (Lipinski definition) is 4. The topological polar surface area (TPSA) is 120 Å². The van der Waals surface area contributed by atoms with E-state index in [0.29, 0.717) is 44.1 Å². The molecule has 1 heterocycles. The predicted octanol–water partition coefficient (Wildman–Crippen LogP) is 0.875. The summed E-state index contributed by atoms with van der Waals surface area (Å²) in [6.07, 6.45) is 0. The molecule has 1 atom stereocenters. The molecule has 1 aliphatic heterocycles. The second kappa shape index (κ2) is 10.5. The molecule has 30 heavy (non-hydrogen) atoms. The zero-order valence-electron chi connectivity index (χ0n) is 16.3. The molecule has 3 amide bonds. The summed E-state index contributed by atoms with van der Waals surface area (Å²) in [7, 11) is 0. The van der Waals surface area contributed by atoms with Gasteiger partial charge in [-0.2, -0.15) is 0 Å². The average Bonchev–Trinajstić information content (AvgIpc) is 2.79. The van der Waals surface area contributed by atoms with E-state index in [4.69, 9.17) is 9.94 Å². The Labute approximate surface area is 174 Å². The summed E-state index contributed by atoms with van der Waals surface area (Å²) in [4.78, 5) is 39.0. The van der Waals surface area contributed by atoms with Crippen LogP contribution in [0.2, 0.25) is 0 Å². The van der Waals surface area contributed by atoms with Crippen LogP contribution in [0.15, 0.2) is 54.6 Å². The quantitative estimate of drug-likeness (QED) is 0.396. The third-order valence-corrected chi connectivity index (χ3v) is 4.72. The smallest absolute Gasteiger partial charge is 0.274 e. The van der Waals surface area contributed by atoms with Gasteiger partial charge in [-0.1, -0.05) is 18.2 Å². The molecule has 0 aliphatic carbocycles. The van der Waals surface area contributed by atoms with E-state index >= 15 is 0 Å². The molecule has 4 N–H and O–H groups in total. The molecule has 1 saturated heterocycles. The molecule has 2 aromatic carbocycles. The summed E-state index contributed by atoms with van der Waals surface area (Å²) in [5.41, 5.74) is 2.74. The van der Waals surface area contributed by atoms with Gasteiger partial charge in [0.2, 0.25) is 5.91 Å². The Hall–Kier alpha value is -3.27.